The first-order chi connectivity index (χ1) is 8.56. The first-order valence-electron chi connectivity index (χ1n) is 5.02. The largest absolute Gasteiger partial charge is 0.478 e. The van der Waals surface area contributed by atoms with Crippen molar-refractivity contribution in [3.8, 4) is 11.3 Å². The van der Waals surface area contributed by atoms with Crippen molar-refractivity contribution in [2.24, 2.45) is 0 Å². The minimum absolute atomic E-state index is 0.464. The molecule has 0 unspecified atom stereocenters. The van der Waals surface area contributed by atoms with Crippen LogP contribution in [0.3, 0.4) is 0 Å². The number of carbonyl (C=O) groups is 1. The lowest BCUT2D eigenvalue weighted by molar-refractivity contribution is -0.131. The molecule has 18 heavy (non-hydrogen) atoms. The topological polar surface area (TPSA) is 50.4 Å². The van der Waals surface area contributed by atoms with Crippen molar-refractivity contribution in [2.45, 2.75) is 0 Å². The molecule has 0 aliphatic carbocycles. The molecule has 1 aromatic heterocycles. The van der Waals surface area contributed by atoms with Gasteiger partial charge in [0.1, 0.15) is 11.5 Å². The number of carboxylic acid groups (broad SMARTS) is 1. The second-order valence-corrected chi connectivity index (χ2v) is 4.82. The molecule has 92 valence electrons. The summed E-state index contributed by atoms with van der Waals surface area (Å²) in [6.45, 7) is 0. The molecule has 3 nitrogen and oxygen atoms in total. The van der Waals surface area contributed by atoms with Crippen LogP contribution in [0.5, 0.6) is 0 Å². The molecule has 5 heteroatoms. The lowest BCUT2D eigenvalue weighted by Crippen LogP contribution is -1.84. The highest BCUT2D eigenvalue weighted by molar-refractivity contribution is 9.10. The Kier molecular flexibility index (Phi) is 3.89. The Labute approximate surface area is 117 Å². The fourth-order valence-corrected chi connectivity index (χ4v) is 2.20. The molecule has 0 saturated carbocycles. The van der Waals surface area contributed by atoms with Crippen LogP contribution in [0.4, 0.5) is 0 Å². The number of rotatable bonds is 3. The molecular weight excluding hydrogens is 319 g/mol. The highest BCUT2D eigenvalue weighted by atomic mass is 79.9. The van der Waals surface area contributed by atoms with E-state index in [1.807, 2.05) is 12.1 Å². The van der Waals surface area contributed by atoms with Crippen LogP contribution in [-0.4, -0.2) is 11.1 Å². The van der Waals surface area contributed by atoms with Crippen LogP contribution in [0.15, 0.2) is 45.3 Å². The van der Waals surface area contributed by atoms with Gasteiger partial charge in [-0.3, -0.25) is 0 Å². The Morgan fingerprint density at radius 1 is 1.33 bits per heavy atom. The molecule has 1 aromatic carbocycles. The molecule has 0 atom stereocenters. The van der Waals surface area contributed by atoms with E-state index in [-0.39, 0.29) is 0 Å². The molecule has 0 amide bonds. The summed E-state index contributed by atoms with van der Waals surface area (Å²) in [4.78, 5) is 10.4. The molecule has 0 aliphatic rings. The van der Waals surface area contributed by atoms with Crippen molar-refractivity contribution >= 4 is 39.6 Å². The third kappa shape index (κ3) is 3.03. The van der Waals surface area contributed by atoms with E-state index in [1.165, 1.54) is 6.08 Å². The van der Waals surface area contributed by atoms with Gasteiger partial charge in [-0.15, -0.1) is 0 Å². The number of hydrogen-bond acceptors (Lipinski definition) is 2. The van der Waals surface area contributed by atoms with E-state index in [0.717, 1.165) is 16.1 Å². The summed E-state index contributed by atoms with van der Waals surface area (Å²) in [6.07, 6.45) is 2.41. The zero-order valence-electron chi connectivity index (χ0n) is 9.06. The van der Waals surface area contributed by atoms with Gasteiger partial charge in [-0.1, -0.05) is 27.5 Å². The number of aliphatic carboxylic acids is 1. The van der Waals surface area contributed by atoms with Gasteiger partial charge in [0, 0.05) is 16.1 Å². The van der Waals surface area contributed by atoms with Gasteiger partial charge >= 0.3 is 5.97 Å². The van der Waals surface area contributed by atoms with Crippen LogP contribution in [0.2, 0.25) is 5.02 Å². The first-order valence-corrected chi connectivity index (χ1v) is 6.19. The van der Waals surface area contributed by atoms with Crippen LogP contribution in [0.1, 0.15) is 5.76 Å². The predicted octanol–water partition coefficient (Wildman–Crippen LogP) is 4.46. The van der Waals surface area contributed by atoms with Crippen molar-refractivity contribution in [2.75, 3.05) is 0 Å². The number of halogens is 2. The van der Waals surface area contributed by atoms with Gasteiger partial charge in [0.15, 0.2) is 0 Å². The Morgan fingerprint density at radius 3 is 2.78 bits per heavy atom. The highest BCUT2D eigenvalue weighted by Crippen LogP contribution is 2.31. The number of furan rings is 1. The lowest BCUT2D eigenvalue weighted by Gasteiger charge is -2.00. The zero-order valence-corrected chi connectivity index (χ0v) is 11.4. The molecule has 0 saturated heterocycles. The van der Waals surface area contributed by atoms with Gasteiger partial charge in [0.05, 0.1) is 5.02 Å². The maximum atomic E-state index is 10.4. The Balaban J connectivity index is 2.32. The van der Waals surface area contributed by atoms with E-state index >= 15 is 0 Å². The maximum Gasteiger partial charge on any atom is 0.328 e. The van der Waals surface area contributed by atoms with Crippen molar-refractivity contribution in [1.29, 1.82) is 0 Å². The molecule has 0 spiro atoms. The third-order valence-corrected chi connectivity index (χ3v) is 3.02. The van der Waals surface area contributed by atoms with Gasteiger partial charge < -0.3 is 9.52 Å². The molecule has 2 aromatic rings. The maximum absolute atomic E-state index is 10.4. The Hall–Kier alpha value is -1.52. The second-order valence-electron chi connectivity index (χ2n) is 3.50. The Bertz CT molecular complexity index is 616. The van der Waals surface area contributed by atoms with Gasteiger partial charge in [-0.25, -0.2) is 4.79 Å². The minimum Gasteiger partial charge on any atom is -0.478 e. The van der Waals surface area contributed by atoms with Crippen molar-refractivity contribution in [1.82, 2.24) is 0 Å². The van der Waals surface area contributed by atoms with Crippen molar-refractivity contribution < 1.29 is 14.3 Å². The van der Waals surface area contributed by atoms with Crippen LogP contribution >= 0.6 is 27.5 Å². The van der Waals surface area contributed by atoms with Crippen LogP contribution < -0.4 is 0 Å². The lowest BCUT2D eigenvalue weighted by atomic mass is 10.2. The molecule has 0 fully saturated rings. The summed E-state index contributed by atoms with van der Waals surface area (Å²) in [5.41, 5.74) is 0.759. The molecule has 1 heterocycles. The number of carboxylic acids is 1. The summed E-state index contributed by atoms with van der Waals surface area (Å²) in [7, 11) is 0. The summed E-state index contributed by atoms with van der Waals surface area (Å²) in [6, 6.07) is 8.89. The van der Waals surface area contributed by atoms with E-state index in [0.29, 0.717) is 16.5 Å². The van der Waals surface area contributed by atoms with Crippen LogP contribution in [-0.2, 0) is 4.79 Å². The average molecular weight is 328 g/mol. The summed E-state index contributed by atoms with van der Waals surface area (Å²) >= 11 is 9.42. The van der Waals surface area contributed by atoms with E-state index in [4.69, 9.17) is 21.1 Å². The van der Waals surface area contributed by atoms with E-state index in [9.17, 15) is 4.79 Å². The number of benzene rings is 1. The van der Waals surface area contributed by atoms with E-state index < -0.39 is 5.97 Å². The van der Waals surface area contributed by atoms with Gasteiger partial charge in [0.25, 0.3) is 0 Å². The SMILES string of the molecule is O=C(O)C=Cc1ccc(-c2ccc(Br)cc2Cl)o1. The summed E-state index contributed by atoms with van der Waals surface area (Å²) in [5, 5.41) is 9.08. The van der Waals surface area contributed by atoms with E-state index in [1.54, 1.807) is 18.2 Å². The molecular formula is C13H8BrClO3. The molecule has 2 rings (SSSR count). The summed E-state index contributed by atoms with van der Waals surface area (Å²) in [5.74, 6) is 0.0403. The van der Waals surface area contributed by atoms with Crippen molar-refractivity contribution in [3.63, 3.8) is 0 Å². The fraction of sp³-hybridized carbons (Fsp3) is 0. The average Bonchev–Trinajstić information content (AvgIpc) is 2.75. The molecule has 0 radical (unpaired) electrons. The first kappa shape index (κ1) is 12.9. The molecule has 0 aliphatic heterocycles. The quantitative estimate of drug-likeness (QED) is 0.847. The normalized spacial score (nSPS) is 11.0. The standard InChI is InChI=1S/C13H8BrClO3/c14-8-1-4-10(11(15)7-8)12-5-2-9(18-12)3-6-13(16)17/h1-7H,(H,16,17). The van der Waals surface area contributed by atoms with Crippen LogP contribution in [0, 0.1) is 0 Å². The monoisotopic (exact) mass is 326 g/mol. The Morgan fingerprint density at radius 2 is 2.11 bits per heavy atom. The van der Waals surface area contributed by atoms with Crippen LogP contribution in [0.25, 0.3) is 17.4 Å². The predicted molar refractivity (Wildman–Crippen MR) is 73.5 cm³/mol. The molecule has 0 bridgehead atoms. The van der Waals surface area contributed by atoms with Crippen molar-refractivity contribution in [3.05, 3.63) is 51.7 Å². The smallest absolute Gasteiger partial charge is 0.328 e. The summed E-state index contributed by atoms with van der Waals surface area (Å²) < 4.78 is 6.37. The van der Waals surface area contributed by atoms with Gasteiger partial charge in [0.2, 0.25) is 0 Å². The van der Waals surface area contributed by atoms with E-state index in [2.05, 4.69) is 15.9 Å². The van der Waals surface area contributed by atoms with Gasteiger partial charge in [-0.2, -0.15) is 0 Å². The fourth-order valence-electron chi connectivity index (χ4n) is 1.43. The minimum atomic E-state index is -1.02. The highest BCUT2D eigenvalue weighted by Gasteiger charge is 2.08. The second kappa shape index (κ2) is 5.42. The number of hydrogen-bond donors (Lipinski definition) is 1. The third-order valence-electron chi connectivity index (χ3n) is 2.21. The van der Waals surface area contributed by atoms with Gasteiger partial charge in [-0.05, 0) is 36.4 Å². The zero-order chi connectivity index (χ0) is 13.1. The molecule has 1 N–H and O–H groups in total.